The summed E-state index contributed by atoms with van der Waals surface area (Å²) in [6.07, 6.45) is 0.617. The van der Waals surface area contributed by atoms with Crippen LogP contribution in [0.2, 0.25) is 10.0 Å². The largest absolute Gasteiger partial charge is 0.493 e. The zero-order valence-corrected chi connectivity index (χ0v) is 14.2. The van der Waals surface area contributed by atoms with Crippen LogP contribution in [-0.2, 0) is 12.8 Å². The zero-order valence-electron chi connectivity index (χ0n) is 11.1. The summed E-state index contributed by atoms with van der Waals surface area (Å²) in [5.41, 5.74) is 2.79. The predicted molar refractivity (Wildman–Crippen MR) is 88.5 cm³/mol. The standard InChI is InChI=1S/C16H13BrCl2O2/c17-14-2-1-11(18)8-13(14)15(20)7-10-6-12(19)5-9-3-4-21-16(9)10/h1-2,5-6,8,15,20H,3-4,7H2. The quantitative estimate of drug-likeness (QED) is 0.805. The Morgan fingerprint density at radius 3 is 2.81 bits per heavy atom. The summed E-state index contributed by atoms with van der Waals surface area (Å²) in [5, 5.41) is 11.8. The van der Waals surface area contributed by atoms with Crippen LogP contribution < -0.4 is 4.74 Å². The molecule has 2 nitrogen and oxygen atoms in total. The van der Waals surface area contributed by atoms with E-state index in [9.17, 15) is 5.11 Å². The Balaban J connectivity index is 1.92. The molecule has 1 aliphatic heterocycles. The molecular weight excluding hydrogens is 375 g/mol. The molecule has 1 heterocycles. The van der Waals surface area contributed by atoms with Gasteiger partial charge in [0.25, 0.3) is 0 Å². The van der Waals surface area contributed by atoms with Crippen LogP contribution in [0.5, 0.6) is 5.75 Å². The summed E-state index contributed by atoms with van der Waals surface area (Å²) in [5.74, 6) is 0.858. The van der Waals surface area contributed by atoms with Gasteiger partial charge < -0.3 is 9.84 Å². The highest BCUT2D eigenvalue weighted by Gasteiger charge is 2.21. The molecule has 1 aliphatic rings. The number of aliphatic hydroxyl groups excluding tert-OH is 1. The van der Waals surface area contributed by atoms with Gasteiger partial charge in [-0.05, 0) is 47.0 Å². The number of halogens is 3. The average molecular weight is 388 g/mol. The van der Waals surface area contributed by atoms with E-state index in [1.165, 1.54) is 0 Å². The Morgan fingerprint density at radius 2 is 2.00 bits per heavy atom. The first-order valence-corrected chi connectivity index (χ1v) is 8.16. The van der Waals surface area contributed by atoms with Crippen molar-refractivity contribution in [2.45, 2.75) is 18.9 Å². The van der Waals surface area contributed by atoms with Crippen molar-refractivity contribution >= 4 is 39.1 Å². The minimum atomic E-state index is -0.676. The normalized spacial score (nSPS) is 14.7. The Kier molecular flexibility index (Phi) is 4.46. The SMILES string of the molecule is OC(Cc1cc(Cl)cc2c1OCC2)c1cc(Cl)ccc1Br. The number of aliphatic hydroxyl groups is 1. The second-order valence-corrected chi connectivity index (χ2v) is 6.76. The minimum Gasteiger partial charge on any atom is -0.493 e. The van der Waals surface area contributed by atoms with Crippen molar-refractivity contribution in [3.63, 3.8) is 0 Å². The molecule has 1 atom stereocenters. The van der Waals surface area contributed by atoms with Crippen LogP contribution >= 0.6 is 39.1 Å². The fourth-order valence-corrected chi connectivity index (χ4v) is 3.54. The van der Waals surface area contributed by atoms with E-state index in [0.29, 0.717) is 23.1 Å². The number of rotatable bonds is 3. The van der Waals surface area contributed by atoms with Crippen LogP contribution in [0.25, 0.3) is 0 Å². The fourth-order valence-electron chi connectivity index (χ4n) is 2.59. The van der Waals surface area contributed by atoms with E-state index in [-0.39, 0.29) is 0 Å². The van der Waals surface area contributed by atoms with E-state index in [1.807, 2.05) is 18.2 Å². The third-order valence-corrected chi connectivity index (χ3v) is 4.73. The van der Waals surface area contributed by atoms with Gasteiger partial charge in [0.15, 0.2) is 0 Å². The molecule has 2 aromatic rings. The third-order valence-electron chi connectivity index (χ3n) is 3.56. The van der Waals surface area contributed by atoms with E-state index < -0.39 is 6.10 Å². The zero-order chi connectivity index (χ0) is 15.0. The van der Waals surface area contributed by atoms with Gasteiger partial charge in [0.05, 0.1) is 12.7 Å². The van der Waals surface area contributed by atoms with Crippen LogP contribution in [0.15, 0.2) is 34.8 Å². The summed E-state index contributed by atoms with van der Waals surface area (Å²) < 4.78 is 6.50. The molecule has 1 N–H and O–H groups in total. The fraction of sp³-hybridized carbons (Fsp3) is 0.250. The number of fused-ring (bicyclic) bond motifs is 1. The number of hydrogen-bond donors (Lipinski definition) is 1. The lowest BCUT2D eigenvalue weighted by Gasteiger charge is -2.16. The summed E-state index contributed by atoms with van der Waals surface area (Å²) in [4.78, 5) is 0. The highest BCUT2D eigenvalue weighted by molar-refractivity contribution is 9.10. The molecule has 1 unspecified atom stereocenters. The molecule has 0 aromatic heterocycles. The van der Waals surface area contributed by atoms with Gasteiger partial charge in [0.2, 0.25) is 0 Å². The van der Waals surface area contributed by atoms with Crippen LogP contribution in [0, 0.1) is 0 Å². The maximum atomic E-state index is 10.5. The van der Waals surface area contributed by atoms with Gasteiger partial charge in [0, 0.05) is 27.4 Å². The van der Waals surface area contributed by atoms with E-state index in [2.05, 4.69) is 15.9 Å². The van der Waals surface area contributed by atoms with Crippen molar-refractivity contribution in [3.8, 4) is 5.75 Å². The van der Waals surface area contributed by atoms with Crippen LogP contribution in [-0.4, -0.2) is 11.7 Å². The van der Waals surface area contributed by atoms with Crippen LogP contribution in [0.1, 0.15) is 22.8 Å². The molecule has 2 aromatic carbocycles. The lowest BCUT2D eigenvalue weighted by Crippen LogP contribution is -2.04. The van der Waals surface area contributed by atoms with Crippen molar-refractivity contribution < 1.29 is 9.84 Å². The lowest BCUT2D eigenvalue weighted by atomic mass is 9.99. The summed E-state index contributed by atoms with van der Waals surface area (Å²) in [6, 6.07) is 9.16. The minimum absolute atomic E-state index is 0.432. The van der Waals surface area contributed by atoms with Gasteiger partial charge in [-0.15, -0.1) is 0 Å². The molecule has 3 rings (SSSR count). The Hall–Kier alpha value is -0.740. The van der Waals surface area contributed by atoms with Crippen molar-refractivity contribution in [1.82, 2.24) is 0 Å². The number of hydrogen-bond acceptors (Lipinski definition) is 2. The molecule has 110 valence electrons. The van der Waals surface area contributed by atoms with Crippen LogP contribution in [0.4, 0.5) is 0 Å². The molecule has 5 heteroatoms. The molecule has 0 spiro atoms. The monoisotopic (exact) mass is 386 g/mol. The van der Waals surface area contributed by atoms with Gasteiger partial charge >= 0.3 is 0 Å². The maximum Gasteiger partial charge on any atom is 0.126 e. The lowest BCUT2D eigenvalue weighted by molar-refractivity contribution is 0.176. The molecule has 0 fully saturated rings. The predicted octanol–water partition coefficient (Wildman–Crippen LogP) is 4.97. The van der Waals surface area contributed by atoms with E-state index in [4.69, 9.17) is 27.9 Å². The second kappa shape index (κ2) is 6.17. The molecule has 0 radical (unpaired) electrons. The molecule has 0 amide bonds. The van der Waals surface area contributed by atoms with Crippen molar-refractivity contribution in [2.75, 3.05) is 6.61 Å². The van der Waals surface area contributed by atoms with Gasteiger partial charge in [-0.3, -0.25) is 0 Å². The topological polar surface area (TPSA) is 29.5 Å². The van der Waals surface area contributed by atoms with Crippen molar-refractivity contribution in [3.05, 3.63) is 61.5 Å². The summed E-state index contributed by atoms with van der Waals surface area (Å²) in [6.45, 7) is 0.666. The van der Waals surface area contributed by atoms with Gasteiger partial charge in [0.1, 0.15) is 5.75 Å². The Bertz CT molecular complexity index is 688. The molecule has 0 bridgehead atoms. The Morgan fingerprint density at radius 1 is 1.19 bits per heavy atom. The summed E-state index contributed by atoms with van der Waals surface area (Å²) >= 11 is 15.6. The number of ether oxygens (including phenoxy) is 1. The van der Waals surface area contributed by atoms with E-state index in [0.717, 1.165) is 33.3 Å². The Labute approximate surface area is 141 Å². The van der Waals surface area contributed by atoms with E-state index in [1.54, 1.807) is 12.1 Å². The highest BCUT2D eigenvalue weighted by Crippen LogP contribution is 2.36. The van der Waals surface area contributed by atoms with Crippen LogP contribution in [0.3, 0.4) is 0 Å². The van der Waals surface area contributed by atoms with Gasteiger partial charge in [-0.25, -0.2) is 0 Å². The molecule has 0 saturated carbocycles. The first kappa shape index (κ1) is 15.2. The molecule has 21 heavy (non-hydrogen) atoms. The third kappa shape index (κ3) is 3.21. The maximum absolute atomic E-state index is 10.5. The second-order valence-electron chi connectivity index (χ2n) is 5.04. The molecular formula is C16H13BrCl2O2. The molecule has 0 aliphatic carbocycles. The smallest absolute Gasteiger partial charge is 0.126 e. The van der Waals surface area contributed by atoms with Gasteiger partial charge in [-0.1, -0.05) is 39.1 Å². The molecule has 0 saturated heterocycles. The first-order chi connectivity index (χ1) is 10.0. The van der Waals surface area contributed by atoms with Gasteiger partial charge in [-0.2, -0.15) is 0 Å². The number of benzene rings is 2. The first-order valence-electron chi connectivity index (χ1n) is 6.61. The highest BCUT2D eigenvalue weighted by atomic mass is 79.9. The van der Waals surface area contributed by atoms with Crippen molar-refractivity contribution in [2.24, 2.45) is 0 Å². The summed E-state index contributed by atoms with van der Waals surface area (Å²) in [7, 11) is 0. The average Bonchev–Trinajstić information content (AvgIpc) is 2.89. The van der Waals surface area contributed by atoms with E-state index >= 15 is 0 Å². The van der Waals surface area contributed by atoms with Crippen molar-refractivity contribution in [1.29, 1.82) is 0 Å².